The van der Waals surface area contributed by atoms with Gasteiger partial charge in [-0.05, 0) is 39.7 Å². The van der Waals surface area contributed by atoms with Crippen molar-refractivity contribution in [2.45, 2.75) is 64.6 Å². The maximum atomic E-state index is 13.0. The molecule has 1 atom stereocenters. The van der Waals surface area contributed by atoms with E-state index >= 15 is 0 Å². The molecule has 1 heterocycles. The van der Waals surface area contributed by atoms with Crippen molar-refractivity contribution in [1.29, 1.82) is 0 Å². The second kappa shape index (κ2) is 7.71. The summed E-state index contributed by atoms with van der Waals surface area (Å²) in [7, 11) is 1.75. The number of nitrogens with one attached hydrogen (secondary N) is 2. The van der Waals surface area contributed by atoms with Crippen molar-refractivity contribution in [3.05, 3.63) is 29.8 Å². The smallest absolute Gasteiger partial charge is 0.317 e. The molecule has 1 aromatic carbocycles. The summed E-state index contributed by atoms with van der Waals surface area (Å²) in [6.07, 6.45) is 4.84. The van der Waals surface area contributed by atoms with Crippen molar-refractivity contribution in [2.75, 3.05) is 11.9 Å². The van der Waals surface area contributed by atoms with Crippen LogP contribution in [0.1, 0.15) is 58.4 Å². The Hall–Kier alpha value is -2.37. The van der Waals surface area contributed by atoms with Crippen LogP contribution in [-0.2, 0) is 4.79 Å². The number of benzene rings is 1. The fourth-order valence-corrected chi connectivity index (χ4v) is 3.84. The number of likely N-dealkylation sites (N-methyl/N-ethyl adjacent to an activating group) is 1. The van der Waals surface area contributed by atoms with Crippen LogP contribution in [0.25, 0.3) is 0 Å². The summed E-state index contributed by atoms with van der Waals surface area (Å²) in [5.41, 5.74) is 2.42. The standard InChI is InChI=1S/C21H30N4O2/c1-21(2,3)24-20(27)23-18-19(26)25(4)16-13-9-8-12-15(16)17(22-18)14-10-6-5-7-11-14/h8-9,12-14,18H,5-7,10-11H2,1-4H3,(H2,23,24,27). The SMILES string of the molecule is CN1C(=O)C(NC(=O)NC(C)(C)C)N=C(C2CCCCC2)c2ccccc21. The lowest BCUT2D eigenvalue weighted by Crippen LogP contribution is -2.53. The molecule has 2 aliphatic rings. The summed E-state index contributed by atoms with van der Waals surface area (Å²) >= 11 is 0. The summed E-state index contributed by atoms with van der Waals surface area (Å²) in [6.45, 7) is 5.71. The van der Waals surface area contributed by atoms with Gasteiger partial charge >= 0.3 is 6.03 Å². The molecule has 1 fully saturated rings. The molecule has 2 N–H and O–H groups in total. The maximum absolute atomic E-state index is 13.0. The van der Waals surface area contributed by atoms with Gasteiger partial charge in [0.2, 0.25) is 6.17 Å². The molecule has 146 valence electrons. The first-order valence-corrected chi connectivity index (χ1v) is 9.79. The lowest BCUT2D eigenvalue weighted by molar-refractivity contribution is -0.119. The first-order chi connectivity index (χ1) is 12.8. The minimum atomic E-state index is -0.915. The Kier molecular flexibility index (Phi) is 5.53. The van der Waals surface area contributed by atoms with Gasteiger partial charge in [-0.3, -0.25) is 9.79 Å². The third kappa shape index (κ3) is 4.49. The predicted molar refractivity (Wildman–Crippen MR) is 108 cm³/mol. The molecule has 1 aromatic rings. The monoisotopic (exact) mass is 370 g/mol. The summed E-state index contributed by atoms with van der Waals surface area (Å²) < 4.78 is 0. The average molecular weight is 370 g/mol. The van der Waals surface area contributed by atoms with E-state index in [4.69, 9.17) is 4.99 Å². The van der Waals surface area contributed by atoms with E-state index in [1.165, 1.54) is 19.3 Å². The lowest BCUT2D eigenvalue weighted by atomic mass is 9.83. The van der Waals surface area contributed by atoms with Crippen molar-refractivity contribution in [2.24, 2.45) is 10.9 Å². The van der Waals surface area contributed by atoms with Gasteiger partial charge in [-0.2, -0.15) is 0 Å². The zero-order valence-electron chi connectivity index (χ0n) is 16.7. The van der Waals surface area contributed by atoms with Gasteiger partial charge < -0.3 is 15.5 Å². The molecule has 0 spiro atoms. The first kappa shape index (κ1) is 19.4. The Bertz CT molecular complexity index is 745. The summed E-state index contributed by atoms with van der Waals surface area (Å²) in [5, 5.41) is 5.62. The Morgan fingerprint density at radius 2 is 1.81 bits per heavy atom. The van der Waals surface area contributed by atoms with E-state index in [-0.39, 0.29) is 17.5 Å². The molecule has 1 unspecified atom stereocenters. The summed E-state index contributed by atoms with van der Waals surface area (Å²) in [4.78, 5) is 31.8. The molecule has 0 bridgehead atoms. The van der Waals surface area contributed by atoms with Crippen molar-refractivity contribution in [1.82, 2.24) is 10.6 Å². The van der Waals surface area contributed by atoms with E-state index in [9.17, 15) is 9.59 Å². The highest BCUT2D eigenvalue weighted by Gasteiger charge is 2.33. The van der Waals surface area contributed by atoms with Crippen molar-refractivity contribution >= 4 is 23.3 Å². The van der Waals surface area contributed by atoms with Crippen LogP contribution in [0.3, 0.4) is 0 Å². The number of anilines is 1. The number of aliphatic imine (C=N–C) groups is 1. The van der Waals surface area contributed by atoms with Gasteiger partial charge in [-0.15, -0.1) is 0 Å². The Labute approximate surface area is 161 Å². The molecule has 6 nitrogen and oxygen atoms in total. The van der Waals surface area contributed by atoms with Crippen LogP contribution in [0, 0.1) is 5.92 Å². The zero-order chi connectivity index (χ0) is 19.6. The van der Waals surface area contributed by atoms with Gasteiger partial charge in [0.05, 0.1) is 11.4 Å². The van der Waals surface area contributed by atoms with Gasteiger partial charge in [0.15, 0.2) is 0 Å². The van der Waals surface area contributed by atoms with Crippen LogP contribution in [-0.4, -0.2) is 36.4 Å². The van der Waals surface area contributed by atoms with E-state index in [0.29, 0.717) is 5.92 Å². The Morgan fingerprint density at radius 1 is 1.15 bits per heavy atom. The number of para-hydroxylation sites is 1. The lowest BCUT2D eigenvalue weighted by Gasteiger charge is -2.25. The molecule has 0 radical (unpaired) electrons. The topological polar surface area (TPSA) is 73.8 Å². The van der Waals surface area contributed by atoms with Crippen LogP contribution in [0.15, 0.2) is 29.3 Å². The van der Waals surface area contributed by atoms with Gasteiger partial charge in [0, 0.05) is 24.1 Å². The number of carbonyl (C=O) groups excluding carboxylic acids is 2. The van der Waals surface area contributed by atoms with Crippen molar-refractivity contribution < 1.29 is 9.59 Å². The highest BCUT2D eigenvalue weighted by Crippen LogP contribution is 2.33. The minimum Gasteiger partial charge on any atom is -0.334 e. The van der Waals surface area contributed by atoms with Crippen LogP contribution in [0.4, 0.5) is 10.5 Å². The van der Waals surface area contributed by atoms with E-state index in [2.05, 4.69) is 10.6 Å². The highest BCUT2D eigenvalue weighted by molar-refractivity contribution is 6.13. The van der Waals surface area contributed by atoms with E-state index in [1.807, 2.05) is 45.0 Å². The number of benzodiazepines with no additional fused rings is 1. The van der Waals surface area contributed by atoms with E-state index in [1.54, 1.807) is 11.9 Å². The zero-order valence-corrected chi connectivity index (χ0v) is 16.7. The van der Waals surface area contributed by atoms with E-state index < -0.39 is 6.17 Å². The molecule has 1 saturated carbocycles. The fraction of sp³-hybridized carbons (Fsp3) is 0.571. The molecule has 1 aliphatic carbocycles. The molecule has 1 aliphatic heterocycles. The van der Waals surface area contributed by atoms with Gasteiger partial charge in [0.1, 0.15) is 0 Å². The first-order valence-electron chi connectivity index (χ1n) is 9.79. The van der Waals surface area contributed by atoms with Crippen LogP contribution in [0.5, 0.6) is 0 Å². The molecule has 3 rings (SSSR count). The maximum Gasteiger partial charge on any atom is 0.317 e. The van der Waals surface area contributed by atoms with Gasteiger partial charge in [0.25, 0.3) is 5.91 Å². The highest BCUT2D eigenvalue weighted by atomic mass is 16.2. The van der Waals surface area contributed by atoms with Crippen LogP contribution < -0.4 is 15.5 Å². The third-order valence-electron chi connectivity index (χ3n) is 5.12. The summed E-state index contributed by atoms with van der Waals surface area (Å²) in [5.74, 6) is 0.103. The van der Waals surface area contributed by atoms with Crippen LogP contribution >= 0.6 is 0 Å². The normalized spacial score (nSPS) is 21.2. The number of carbonyl (C=O) groups is 2. The van der Waals surface area contributed by atoms with Crippen molar-refractivity contribution in [3.8, 4) is 0 Å². The number of nitrogens with zero attached hydrogens (tertiary/aromatic N) is 2. The van der Waals surface area contributed by atoms with Gasteiger partial charge in [-0.1, -0.05) is 37.5 Å². The fourth-order valence-electron chi connectivity index (χ4n) is 3.84. The number of urea groups is 1. The quantitative estimate of drug-likeness (QED) is 0.837. The minimum absolute atomic E-state index is 0.225. The Morgan fingerprint density at radius 3 is 2.48 bits per heavy atom. The second-order valence-electron chi connectivity index (χ2n) is 8.51. The number of amides is 3. The molecule has 0 saturated heterocycles. The number of hydrogen-bond donors (Lipinski definition) is 2. The Balaban J connectivity index is 1.96. The molecule has 0 aromatic heterocycles. The third-order valence-corrected chi connectivity index (χ3v) is 5.12. The number of rotatable bonds is 2. The molecular formula is C21H30N4O2. The average Bonchev–Trinajstić information content (AvgIpc) is 2.72. The molecular weight excluding hydrogens is 340 g/mol. The summed E-state index contributed by atoms with van der Waals surface area (Å²) in [6, 6.07) is 7.51. The van der Waals surface area contributed by atoms with Crippen molar-refractivity contribution in [3.63, 3.8) is 0 Å². The van der Waals surface area contributed by atoms with E-state index in [0.717, 1.165) is 29.8 Å². The van der Waals surface area contributed by atoms with Gasteiger partial charge in [-0.25, -0.2) is 4.79 Å². The van der Waals surface area contributed by atoms with Crippen LogP contribution in [0.2, 0.25) is 0 Å². The molecule has 6 heteroatoms. The second-order valence-corrected chi connectivity index (χ2v) is 8.51. The predicted octanol–water partition coefficient (Wildman–Crippen LogP) is 3.46. The largest absolute Gasteiger partial charge is 0.334 e. The number of fused-ring (bicyclic) bond motifs is 1. The molecule has 27 heavy (non-hydrogen) atoms. The molecule has 3 amide bonds. The number of hydrogen-bond acceptors (Lipinski definition) is 3.